The Kier molecular flexibility index (Phi) is 2.75. The molecule has 0 aromatic heterocycles. The summed E-state index contributed by atoms with van der Waals surface area (Å²) >= 11 is 0. The summed E-state index contributed by atoms with van der Waals surface area (Å²) in [4.78, 5) is 0. The second-order valence-electron chi connectivity index (χ2n) is 6.09. The maximum atomic E-state index is 5.84. The van der Waals surface area contributed by atoms with Gasteiger partial charge in [-0.05, 0) is 19.8 Å². The molecule has 2 nitrogen and oxygen atoms in total. The number of hydrogen-bond acceptors (Lipinski definition) is 2. The number of rotatable bonds is 2. The Morgan fingerprint density at radius 3 is 2.10 bits per heavy atom. The van der Waals surface area contributed by atoms with E-state index in [4.69, 9.17) is 9.47 Å². The van der Waals surface area contributed by atoms with Gasteiger partial charge in [-0.1, -0.05) is 35.9 Å². The van der Waals surface area contributed by atoms with E-state index in [2.05, 4.69) is 37.3 Å². The van der Waals surface area contributed by atoms with Gasteiger partial charge in [0.15, 0.2) is 0 Å². The minimum atomic E-state index is 0.471. The van der Waals surface area contributed by atoms with Crippen LogP contribution in [0, 0.1) is 0 Å². The van der Waals surface area contributed by atoms with Gasteiger partial charge in [0.05, 0.1) is 14.2 Å². The average molecular weight is 280 g/mol. The lowest BCUT2D eigenvalue weighted by atomic mass is 9.67. The van der Waals surface area contributed by atoms with Gasteiger partial charge >= 0.3 is 0 Å². The summed E-state index contributed by atoms with van der Waals surface area (Å²) in [7, 11) is 3.57. The molecule has 0 unspecified atom stereocenters. The van der Waals surface area contributed by atoms with E-state index in [1.54, 1.807) is 14.2 Å². The van der Waals surface area contributed by atoms with Crippen molar-refractivity contribution in [2.24, 2.45) is 0 Å². The molecule has 0 fully saturated rings. The van der Waals surface area contributed by atoms with Crippen LogP contribution in [0.15, 0.2) is 35.9 Å². The summed E-state index contributed by atoms with van der Waals surface area (Å²) in [5.41, 5.74) is 4.20. The van der Waals surface area contributed by atoms with Crippen LogP contribution < -0.4 is 9.47 Å². The van der Waals surface area contributed by atoms with Crippen molar-refractivity contribution in [2.45, 2.75) is 31.6 Å². The molecular weight excluding hydrogens is 260 g/mol. The fourth-order valence-corrected chi connectivity index (χ4v) is 4.26. The normalized spacial score (nSPS) is 22.9. The van der Waals surface area contributed by atoms with Crippen molar-refractivity contribution in [3.8, 4) is 11.5 Å². The molecule has 2 aromatic carbocycles. The van der Waals surface area contributed by atoms with Crippen LogP contribution in [0.4, 0.5) is 0 Å². The van der Waals surface area contributed by atoms with Crippen molar-refractivity contribution in [3.05, 3.63) is 47.0 Å². The van der Waals surface area contributed by atoms with Crippen LogP contribution in [0.25, 0.3) is 10.8 Å². The zero-order valence-electron chi connectivity index (χ0n) is 12.8. The second kappa shape index (κ2) is 4.52. The number of benzene rings is 2. The minimum absolute atomic E-state index is 0.471. The molecular formula is C19H20O2. The van der Waals surface area contributed by atoms with Crippen LogP contribution >= 0.6 is 0 Å². The van der Waals surface area contributed by atoms with Gasteiger partial charge in [-0.25, -0.2) is 0 Å². The lowest BCUT2D eigenvalue weighted by Gasteiger charge is -2.39. The summed E-state index contributed by atoms with van der Waals surface area (Å²) < 4.78 is 11.7. The van der Waals surface area contributed by atoms with Crippen LogP contribution in [0.1, 0.15) is 42.7 Å². The molecule has 0 radical (unpaired) electrons. The highest BCUT2D eigenvalue weighted by Gasteiger charge is 2.38. The van der Waals surface area contributed by atoms with Crippen molar-refractivity contribution < 1.29 is 9.47 Å². The first-order valence-electron chi connectivity index (χ1n) is 7.61. The fourth-order valence-electron chi connectivity index (χ4n) is 4.26. The van der Waals surface area contributed by atoms with Crippen LogP contribution in [-0.2, 0) is 0 Å². The Morgan fingerprint density at radius 2 is 1.52 bits per heavy atom. The Morgan fingerprint density at radius 1 is 0.905 bits per heavy atom. The number of ether oxygens (including phenoxy) is 2. The standard InChI is InChI=1S/C19H20O2/c1-11-10-12-8-9-13(11)17-16(12)18(20-2)14-6-4-5-7-15(14)19(17)21-3/h4-7,10,12-13H,8-9H2,1-3H3/t12-,13+/m1/s1. The molecule has 2 aromatic rings. The van der Waals surface area contributed by atoms with E-state index < -0.39 is 0 Å². The fraction of sp³-hybridized carbons (Fsp3) is 0.368. The number of fused-ring (bicyclic) bond motifs is 2. The summed E-state index contributed by atoms with van der Waals surface area (Å²) in [5.74, 6) is 3.04. The zero-order chi connectivity index (χ0) is 14.6. The molecule has 0 amide bonds. The van der Waals surface area contributed by atoms with Crippen molar-refractivity contribution in [1.29, 1.82) is 0 Å². The lowest BCUT2D eigenvalue weighted by molar-refractivity contribution is 0.383. The van der Waals surface area contributed by atoms with Crippen LogP contribution in [0.5, 0.6) is 11.5 Å². The minimum Gasteiger partial charge on any atom is -0.496 e. The summed E-state index contributed by atoms with van der Waals surface area (Å²) in [6, 6.07) is 8.41. The molecule has 0 N–H and O–H groups in total. The van der Waals surface area contributed by atoms with E-state index in [0.717, 1.165) is 22.3 Å². The van der Waals surface area contributed by atoms with E-state index in [-0.39, 0.29) is 0 Å². The van der Waals surface area contributed by atoms with Gasteiger partial charge < -0.3 is 9.47 Å². The zero-order valence-corrected chi connectivity index (χ0v) is 12.8. The van der Waals surface area contributed by atoms with Gasteiger partial charge in [-0.15, -0.1) is 0 Å². The number of allylic oxidation sites excluding steroid dienone is 2. The van der Waals surface area contributed by atoms with Crippen LogP contribution in [0.2, 0.25) is 0 Å². The molecule has 0 spiro atoms. The SMILES string of the molecule is COc1c2c(c(OC)c3ccccc13)[C@H]1CC[C@@H]2C=C1C. The van der Waals surface area contributed by atoms with E-state index in [1.165, 1.54) is 29.5 Å². The van der Waals surface area contributed by atoms with Gasteiger partial charge in [-0.2, -0.15) is 0 Å². The largest absolute Gasteiger partial charge is 0.496 e. The summed E-state index contributed by atoms with van der Waals surface area (Å²) in [5, 5.41) is 2.32. The predicted octanol–water partition coefficient (Wildman–Crippen LogP) is 4.78. The Balaban J connectivity index is 2.17. The van der Waals surface area contributed by atoms with Crippen LogP contribution in [0.3, 0.4) is 0 Å². The molecule has 108 valence electrons. The van der Waals surface area contributed by atoms with Gasteiger partial charge in [0.2, 0.25) is 0 Å². The van der Waals surface area contributed by atoms with Crippen molar-refractivity contribution in [2.75, 3.05) is 14.2 Å². The monoisotopic (exact) mass is 280 g/mol. The highest BCUT2D eigenvalue weighted by Crippen LogP contribution is 2.57. The molecule has 21 heavy (non-hydrogen) atoms. The van der Waals surface area contributed by atoms with Gasteiger partial charge in [0.1, 0.15) is 11.5 Å². The van der Waals surface area contributed by atoms with Gasteiger partial charge in [0.25, 0.3) is 0 Å². The molecule has 2 bridgehead atoms. The Labute approximate surface area is 125 Å². The molecule has 3 aliphatic carbocycles. The lowest BCUT2D eigenvalue weighted by Crippen LogP contribution is -2.22. The smallest absolute Gasteiger partial charge is 0.131 e. The van der Waals surface area contributed by atoms with E-state index >= 15 is 0 Å². The molecule has 2 atom stereocenters. The van der Waals surface area contributed by atoms with Gasteiger partial charge in [0, 0.05) is 33.7 Å². The topological polar surface area (TPSA) is 18.5 Å². The van der Waals surface area contributed by atoms with E-state index in [9.17, 15) is 0 Å². The van der Waals surface area contributed by atoms with Crippen LogP contribution in [-0.4, -0.2) is 14.2 Å². The first kappa shape index (κ1) is 12.8. The highest BCUT2D eigenvalue weighted by molar-refractivity contribution is 5.97. The van der Waals surface area contributed by atoms with Crippen molar-refractivity contribution in [3.63, 3.8) is 0 Å². The first-order chi connectivity index (χ1) is 10.3. The van der Waals surface area contributed by atoms with E-state index in [0.29, 0.717) is 11.8 Å². The molecule has 0 aliphatic heterocycles. The second-order valence-corrected chi connectivity index (χ2v) is 6.09. The maximum Gasteiger partial charge on any atom is 0.131 e. The Hall–Kier alpha value is -1.96. The van der Waals surface area contributed by atoms with Crippen molar-refractivity contribution >= 4 is 10.8 Å². The molecule has 5 rings (SSSR count). The summed E-state index contributed by atoms with van der Waals surface area (Å²) in [6.07, 6.45) is 4.86. The molecule has 0 saturated heterocycles. The third-order valence-electron chi connectivity index (χ3n) is 5.10. The Bertz CT molecular complexity index is 758. The number of hydrogen-bond donors (Lipinski definition) is 0. The van der Waals surface area contributed by atoms with Gasteiger partial charge in [-0.3, -0.25) is 0 Å². The maximum absolute atomic E-state index is 5.84. The summed E-state index contributed by atoms with van der Waals surface area (Å²) in [6.45, 7) is 2.25. The average Bonchev–Trinajstić information content (AvgIpc) is 2.52. The first-order valence-corrected chi connectivity index (χ1v) is 7.61. The molecule has 2 heteroatoms. The van der Waals surface area contributed by atoms with E-state index in [1.807, 2.05) is 0 Å². The molecule has 0 saturated carbocycles. The number of methoxy groups -OCH3 is 2. The third-order valence-corrected chi connectivity index (χ3v) is 5.10. The molecule has 3 aliphatic rings. The third kappa shape index (κ3) is 1.59. The predicted molar refractivity (Wildman–Crippen MR) is 85.5 cm³/mol. The molecule has 0 heterocycles. The quantitative estimate of drug-likeness (QED) is 0.737. The highest BCUT2D eigenvalue weighted by atomic mass is 16.5. The van der Waals surface area contributed by atoms with Crippen molar-refractivity contribution in [1.82, 2.24) is 0 Å².